The summed E-state index contributed by atoms with van der Waals surface area (Å²) in [6.45, 7) is 4.09. The van der Waals surface area contributed by atoms with Crippen LogP contribution in [0.3, 0.4) is 0 Å². The van der Waals surface area contributed by atoms with Gasteiger partial charge >= 0.3 is 0 Å². The van der Waals surface area contributed by atoms with Gasteiger partial charge in [-0.25, -0.2) is 0 Å². The predicted octanol–water partition coefficient (Wildman–Crippen LogP) is 2.81. The van der Waals surface area contributed by atoms with Crippen molar-refractivity contribution in [2.24, 2.45) is 0 Å². The first-order valence-electron chi connectivity index (χ1n) is 8.54. The maximum absolute atomic E-state index is 5.50. The molecule has 1 unspecified atom stereocenters. The minimum absolute atomic E-state index is 0.255. The van der Waals surface area contributed by atoms with E-state index in [0.717, 1.165) is 43.0 Å². The molecular formula is C18H23N3O3. The number of hydrogen-bond donors (Lipinski definition) is 1. The lowest BCUT2D eigenvalue weighted by atomic mass is 9.92. The van der Waals surface area contributed by atoms with E-state index in [9.17, 15) is 0 Å². The third kappa shape index (κ3) is 2.60. The van der Waals surface area contributed by atoms with Gasteiger partial charge in [-0.15, -0.1) is 0 Å². The standard InChI is InChI=1S/C18H23N3O3/c1-3-21-15-6-4-5-14(13(15)10-20-21)19-9-12-7-16(22-2)18-17(8-12)23-11-24-18/h7-8,10,14,19H,3-6,9,11H2,1-2H3. The highest BCUT2D eigenvalue weighted by atomic mass is 16.7. The van der Waals surface area contributed by atoms with Crippen LogP contribution in [0.5, 0.6) is 17.2 Å². The lowest BCUT2D eigenvalue weighted by molar-refractivity contribution is 0.171. The van der Waals surface area contributed by atoms with Gasteiger partial charge in [0.05, 0.1) is 13.3 Å². The topological polar surface area (TPSA) is 57.5 Å². The molecule has 4 rings (SSSR count). The highest BCUT2D eigenvalue weighted by molar-refractivity contribution is 5.55. The van der Waals surface area contributed by atoms with E-state index in [0.29, 0.717) is 11.8 Å². The van der Waals surface area contributed by atoms with E-state index in [4.69, 9.17) is 14.2 Å². The van der Waals surface area contributed by atoms with E-state index in [1.807, 2.05) is 18.3 Å². The third-order valence-electron chi connectivity index (χ3n) is 4.83. The Morgan fingerprint density at radius 1 is 1.38 bits per heavy atom. The Bertz CT molecular complexity index is 741. The molecule has 2 aliphatic rings. The van der Waals surface area contributed by atoms with Gasteiger partial charge in [-0.05, 0) is 43.9 Å². The van der Waals surface area contributed by atoms with Gasteiger partial charge in [-0.1, -0.05) is 0 Å². The molecule has 0 saturated carbocycles. The van der Waals surface area contributed by atoms with Crippen LogP contribution in [0.1, 0.15) is 42.6 Å². The number of ether oxygens (including phenoxy) is 3. The van der Waals surface area contributed by atoms with Gasteiger partial charge in [0.15, 0.2) is 11.5 Å². The Kier molecular flexibility index (Phi) is 4.06. The minimum atomic E-state index is 0.255. The van der Waals surface area contributed by atoms with Gasteiger partial charge in [0.2, 0.25) is 12.5 Å². The predicted molar refractivity (Wildman–Crippen MR) is 89.5 cm³/mol. The van der Waals surface area contributed by atoms with Crippen LogP contribution in [0, 0.1) is 0 Å². The number of methoxy groups -OCH3 is 1. The first kappa shape index (κ1) is 15.3. The molecule has 2 aromatic rings. The molecule has 1 aromatic heterocycles. The second-order valence-electron chi connectivity index (χ2n) is 6.22. The third-order valence-corrected chi connectivity index (χ3v) is 4.83. The van der Waals surface area contributed by atoms with Crippen molar-refractivity contribution in [3.05, 3.63) is 35.2 Å². The second-order valence-corrected chi connectivity index (χ2v) is 6.22. The van der Waals surface area contributed by atoms with Crippen molar-refractivity contribution >= 4 is 0 Å². The lowest BCUT2D eigenvalue weighted by Crippen LogP contribution is -2.25. The normalized spacial score (nSPS) is 18.5. The Hall–Kier alpha value is -2.21. The highest BCUT2D eigenvalue weighted by Gasteiger charge is 2.24. The zero-order valence-electron chi connectivity index (χ0n) is 14.2. The number of nitrogens with one attached hydrogen (secondary N) is 1. The van der Waals surface area contributed by atoms with Crippen LogP contribution in [-0.4, -0.2) is 23.7 Å². The summed E-state index contributed by atoms with van der Waals surface area (Å²) in [6, 6.07) is 4.39. The van der Waals surface area contributed by atoms with Crippen LogP contribution in [0.15, 0.2) is 18.3 Å². The van der Waals surface area contributed by atoms with Crippen LogP contribution >= 0.6 is 0 Å². The fourth-order valence-corrected chi connectivity index (χ4v) is 3.63. The molecule has 6 nitrogen and oxygen atoms in total. The van der Waals surface area contributed by atoms with Crippen LogP contribution in [0.25, 0.3) is 0 Å². The summed E-state index contributed by atoms with van der Waals surface area (Å²) >= 11 is 0. The molecule has 6 heteroatoms. The summed E-state index contributed by atoms with van der Waals surface area (Å²) in [7, 11) is 1.65. The van der Waals surface area contributed by atoms with E-state index in [2.05, 4.69) is 22.0 Å². The Balaban J connectivity index is 1.51. The largest absolute Gasteiger partial charge is 0.493 e. The number of nitrogens with zero attached hydrogens (tertiary/aromatic N) is 2. The molecular weight excluding hydrogens is 306 g/mol. The maximum Gasteiger partial charge on any atom is 0.231 e. The Morgan fingerprint density at radius 2 is 2.29 bits per heavy atom. The molecule has 1 N–H and O–H groups in total. The molecule has 24 heavy (non-hydrogen) atoms. The fraction of sp³-hybridized carbons (Fsp3) is 0.500. The molecule has 128 valence electrons. The maximum atomic E-state index is 5.50. The number of rotatable bonds is 5. The number of benzene rings is 1. The van der Waals surface area contributed by atoms with E-state index in [1.54, 1.807) is 7.11 Å². The molecule has 1 aromatic carbocycles. The van der Waals surface area contributed by atoms with Crippen molar-refractivity contribution in [1.29, 1.82) is 0 Å². The summed E-state index contributed by atoms with van der Waals surface area (Å²) in [5.74, 6) is 2.18. The number of hydrogen-bond acceptors (Lipinski definition) is 5. The zero-order valence-corrected chi connectivity index (χ0v) is 14.2. The smallest absolute Gasteiger partial charge is 0.231 e. The zero-order chi connectivity index (χ0) is 16.5. The second kappa shape index (κ2) is 6.36. The summed E-state index contributed by atoms with van der Waals surface area (Å²) < 4.78 is 18.5. The highest BCUT2D eigenvalue weighted by Crippen LogP contribution is 2.42. The first-order valence-corrected chi connectivity index (χ1v) is 8.54. The van der Waals surface area contributed by atoms with Crippen LogP contribution in [0.4, 0.5) is 0 Å². The van der Waals surface area contributed by atoms with Gasteiger partial charge in [-0.2, -0.15) is 5.10 Å². The SMILES string of the molecule is CCn1ncc2c1CCCC2NCc1cc(OC)c2c(c1)OCO2. The fourth-order valence-electron chi connectivity index (χ4n) is 3.63. The van der Waals surface area contributed by atoms with Crippen molar-refractivity contribution in [3.8, 4) is 17.2 Å². The molecule has 0 amide bonds. The van der Waals surface area contributed by atoms with Gasteiger partial charge < -0.3 is 19.5 Å². The molecule has 1 aliphatic carbocycles. The molecule has 1 aliphatic heterocycles. The molecule has 0 saturated heterocycles. The van der Waals surface area contributed by atoms with E-state index in [1.165, 1.54) is 17.7 Å². The first-order chi connectivity index (χ1) is 11.8. The summed E-state index contributed by atoms with van der Waals surface area (Å²) in [6.07, 6.45) is 5.49. The van der Waals surface area contributed by atoms with Crippen molar-refractivity contribution in [2.75, 3.05) is 13.9 Å². The molecule has 1 atom stereocenters. The number of fused-ring (bicyclic) bond motifs is 2. The van der Waals surface area contributed by atoms with Crippen molar-refractivity contribution < 1.29 is 14.2 Å². The molecule has 0 radical (unpaired) electrons. The van der Waals surface area contributed by atoms with E-state index >= 15 is 0 Å². The Labute approximate surface area is 141 Å². The molecule has 0 spiro atoms. The summed E-state index contributed by atoms with van der Waals surface area (Å²) in [4.78, 5) is 0. The van der Waals surface area contributed by atoms with Gasteiger partial charge in [0, 0.05) is 30.4 Å². The Morgan fingerprint density at radius 3 is 3.12 bits per heavy atom. The van der Waals surface area contributed by atoms with Gasteiger partial charge in [0.1, 0.15) is 0 Å². The van der Waals surface area contributed by atoms with Gasteiger partial charge in [0.25, 0.3) is 0 Å². The molecule has 0 bridgehead atoms. The molecule has 2 heterocycles. The van der Waals surface area contributed by atoms with Crippen LogP contribution < -0.4 is 19.5 Å². The number of aromatic nitrogens is 2. The lowest BCUT2D eigenvalue weighted by Gasteiger charge is -2.24. The van der Waals surface area contributed by atoms with Crippen molar-refractivity contribution in [3.63, 3.8) is 0 Å². The van der Waals surface area contributed by atoms with Crippen molar-refractivity contribution in [1.82, 2.24) is 15.1 Å². The summed E-state index contributed by atoms with van der Waals surface area (Å²) in [5, 5.41) is 8.19. The summed E-state index contributed by atoms with van der Waals surface area (Å²) in [5.41, 5.74) is 3.85. The van der Waals surface area contributed by atoms with Crippen LogP contribution in [0.2, 0.25) is 0 Å². The van der Waals surface area contributed by atoms with Crippen molar-refractivity contribution in [2.45, 2.75) is 45.3 Å². The average molecular weight is 329 g/mol. The van der Waals surface area contributed by atoms with Gasteiger partial charge in [-0.3, -0.25) is 4.68 Å². The van der Waals surface area contributed by atoms with Crippen LogP contribution in [-0.2, 0) is 19.5 Å². The molecule has 0 fully saturated rings. The van der Waals surface area contributed by atoms with E-state index in [-0.39, 0.29) is 6.79 Å². The average Bonchev–Trinajstić information content (AvgIpc) is 3.25. The van der Waals surface area contributed by atoms with E-state index < -0.39 is 0 Å². The minimum Gasteiger partial charge on any atom is -0.493 e. The number of aryl methyl sites for hydroxylation is 1. The monoisotopic (exact) mass is 329 g/mol. The quantitative estimate of drug-likeness (QED) is 0.914.